The molecular weight excluding hydrogens is 260 g/mol. The summed E-state index contributed by atoms with van der Waals surface area (Å²) >= 11 is 0. The van der Waals surface area contributed by atoms with E-state index in [2.05, 4.69) is 5.32 Å². The molecule has 0 bridgehead atoms. The maximum atomic E-state index is 12.1. The van der Waals surface area contributed by atoms with Crippen molar-refractivity contribution in [1.29, 1.82) is 0 Å². The molecular formula is C14H28N2O4. The zero-order valence-electron chi connectivity index (χ0n) is 13.3. The van der Waals surface area contributed by atoms with Gasteiger partial charge in [0.1, 0.15) is 17.7 Å². The van der Waals surface area contributed by atoms with Gasteiger partial charge < -0.3 is 20.9 Å². The highest BCUT2D eigenvalue weighted by molar-refractivity contribution is 5.87. The standard InChI is InChI=1S/C14H28N2O4/c1-8(2)7-10(13(19)20-14(4,5)6)16-12(18)11(15)9(3)17/h8-11,17H,7,15H2,1-6H3,(H,16,18)/t9-,10-,11+/m1/s1. The van der Waals surface area contributed by atoms with Crippen molar-refractivity contribution in [2.75, 3.05) is 0 Å². The molecule has 118 valence electrons. The summed E-state index contributed by atoms with van der Waals surface area (Å²) in [5.74, 6) is -0.843. The van der Waals surface area contributed by atoms with Crippen LogP contribution in [0.15, 0.2) is 0 Å². The van der Waals surface area contributed by atoms with Gasteiger partial charge >= 0.3 is 5.97 Å². The van der Waals surface area contributed by atoms with Crippen LogP contribution in [0.4, 0.5) is 0 Å². The second-order valence-electron chi connectivity index (χ2n) is 6.49. The van der Waals surface area contributed by atoms with E-state index in [-0.39, 0.29) is 5.92 Å². The van der Waals surface area contributed by atoms with E-state index < -0.39 is 35.7 Å². The Kier molecular flexibility index (Phi) is 7.16. The summed E-state index contributed by atoms with van der Waals surface area (Å²) in [6.07, 6.45) is -0.527. The summed E-state index contributed by atoms with van der Waals surface area (Å²) in [6.45, 7) is 10.6. The molecule has 0 saturated heterocycles. The van der Waals surface area contributed by atoms with Crippen LogP contribution >= 0.6 is 0 Å². The van der Waals surface area contributed by atoms with Crippen LogP contribution in [0.2, 0.25) is 0 Å². The summed E-state index contributed by atoms with van der Waals surface area (Å²) in [4.78, 5) is 23.9. The Morgan fingerprint density at radius 2 is 1.75 bits per heavy atom. The van der Waals surface area contributed by atoms with Gasteiger partial charge in [-0.1, -0.05) is 13.8 Å². The number of aliphatic hydroxyl groups excluding tert-OH is 1. The first-order valence-corrected chi connectivity index (χ1v) is 6.91. The van der Waals surface area contributed by atoms with Crippen LogP contribution in [-0.4, -0.2) is 40.8 Å². The van der Waals surface area contributed by atoms with Crippen molar-refractivity contribution in [3.63, 3.8) is 0 Å². The van der Waals surface area contributed by atoms with E-state index in [0.29, 0.717) is 6.42 Å². The predicted molar refractivity (Wildman–Crippen MR) is 76.9 cm³/mol. The van der Waals surface area contributed by atoms with Crippen LogP contribution in [0.3, 0.4) is 0 Å². The second-order valence-corrected chi connectivity index (χ2v) is 6.49. The van der Waals surface area contributed by atoms with Crippen LogP contribution < -0.4 is 11.1 Å². The number of hydrogen-bond donors (Lipinski definition) is 3. The summed E-state index contributed by atoms with van der Waals surface area (Å²) in [7, 11) is 0. The maximum Gasteiger partial charge on any atom is 0.329 e. The van der Waals surface area contributed by atoms with Crippen LogP contribution in [0.5, 0.6) is 0 Å². The molecule has 0 rings (SSSR count). The molecule has 0 aromatic carbocycles. The SMILES string of the molecule is CC(C)C[C@@H](NC(=O)[C@@H](N)[C@@H](C)O)C(=O)OC(C)(C)C. The zero-order valence-corrected chi connectivity index (χ0v) is 13.3. The lowest BCUT2D eigenvalue weighted by Crippen LogP contribution is -2.53. The van der Waals surface area contributed by atoms with Crippen molar-refractivity contribution in [1.82, 2.24) is 5.32 Å². The number of esters is 1. The van der Waals surface area contributed by atoms with Gasteiger partial charge in [-0.3, -0.25) is 4.79 Å². The van der Waals surface area contributed by atoms with E-state index in [1.54, 1.807) is 20.8 Å². The van der Waals surface area contributed by atoms with E-state index in [0.717, 1.165) is 0 Å². The topological polar surface area (TPSA) is 102 Å². The van der Waals surface area contributed by atoms with Gasteiger partial charge in [0.15, 0.2) is 0 Å². The molecule has 0 spiro atoms. The van der Waals surface area contributed by atoms with Crippen molar-refractivity contribution >= 4 is 11.9 Å². The fraction of sp³-hybridized carbons (Fsp3) is 0.857. The minimum absolute atomic E-state index is 0.204. The van der Waals surface area contributed by atoms with Crippen LogP contribution in [0.1, 0.15) is 48.0 Å². The maximum absolute atomic E-state index is 12.1. The minimum Gasteiger partial charge on any atom is -0.458 e. The Hall–Kier alpha value is -1.14. The van der Waals surface area contributed by atoms with E-state index in [1.165, 1.54) is 6.92 Å². The highest BCUT2D eigenvalue weighted by Gasteiger charge is 2.29. The molecule has 0 aliphatic heterocycles. The molecule has 0 aliphatic carbocycles. The number of nitrogens with two attached hydrogens (primary N) is 1. The fourth-order valence-corrected chi connectivity index (χ4v) is 1.55. The molecule has 0 radical (unpaired) electrons. The quantitative estimate of drug-likeness (QED) is 0.620. The number of nitrogens with one attached hydrogen (secondary N) is 1. The zero-order chi connectivity index (χ0) is 16.1. The number of rotatable bonds is 6. The van der Waals surface area contributed by atoms with Gasteiger partial charge in [-0.2, -0.15) is 0 Å². The molecule has 0 saturated carbocycles. The van der Waals surface area contributed by atoms with Gasteiger partial charge in [0, 0.05) is 0 Å². The highest BCUT2D eigenvalue weighted by atomic mass is 16.6. The number of carbonyl (C=O) groups is 2. The first kappa shape index (κ1) is 18.9. The van der Waals surface area contributed by atoms with Crippen molar-refractivity contribution in [2.45, 2.75) is 71.8 Å². The molecule has 6 heteroatoms. The molecule has 0 unspecified atom stereocenters. The Bertz CT molecular complexity index is 335. The smallest absolute Gasteiger partial charge is 0.329 e. The Balaban J connectivity index is 4.81. The lowest BCUT2D eigenvalue weighted by molar-refractivity contribution is -0.159. The normalized spacial score (nSPS) is 16.4. The van der Waals surface area contributed by atoms with Gasteiger partial charge in [0.25, 0.3) is 0 Å². The summed E-state index contributed by atoms with van der Waals surface area (Å²) in [5.41, 5.74) is 4.93. The molecule has 0 heterocycles. The van der Waals surface area contributed by atoms with Crippen molar-refractivity contribution < 1.29 is 19.4 Å². The van der Waals surface area contributed by atoms with Crippen LogP contribution in [0.25, 0.3) is 0 Å². The molecule has 1 amide bonds. The van der Waals surface area contributed by atoms with Gasteiger partial charge in [-0.15, -0.1) is 0 Å². The van der Waals surface area contributed by atoms with Crippen LogP contribution in [0, 0.1) is 5.92 Å². The number of amides is 1. The predicted octanol–water partition coefficient (Wildman–Crippen LogP) is 0.567. The molecule has 0 aromatic rings. The average molecular weight is 288 g/mol. The summed E-state index contributed by atoms with van der Waals surface area (Å²) < 4.78 is 5.28. The van der Waals surface area contributed by atoms with Crippen LogP contribution in [-0.2, 0) is 14.3 Å². The monoisotopic (exact) mass is 288 g/mol. The van der Waals surface area contributed by atoms with E-state index >= 15 is 0 Å². The number of aliphatic hydroxyl groups is 1. The Morgan fingerprint density at radius 1 is 1.25 bits per heavy atom. The molecule has 6 nitrogen and oxygen atoms in total. The lowest BCUT2D eigenvalue weighted by Gasteiger charge is -2.26. The summed E-state index contributed by atoms with van der Waals surface area (Å²) in [5, 5.41) is 11.9. The van der Waals surface area contributed by atoms with E-state index in [1.807, 2.05) is 13.8 Å². The average Bonchev–Trinajstić information content (AvgIpc) is 2.23. The van der Waals surface area contributed by atoms with Gasteiger partial charge in [-0.25, -0.2) is 4.79 Å². The van der Waals surface area contributed by atoms with Crippen molar-refractivity contribution in [3.05, 3.63) is 0 Å². The first-order valence-electron chi connectivity index (χ1n) is 6.91. The number of ether oxygens (including phenoxy) is 1. The summed E-state index contributed by atoms with van der Waals surface area (Å²) in [6, 6.07) is -1.82. The van der Waals surface area contributed by atoms with Gasteiger partial charge in [-0.05, 0) is 40.0 Å². The third-order valence-electron chi connectivity index (χ3n) is 2.54. The number of hydrogen-bond acceptors (Lipinski definition) is 5. The molecule has 4 N–H and O–H groups in total. The minimum atomic E-state index is -1.06. The molecule has 0 aliphatic rings. The van der Waals surface area contributed by atoms with Gasteiger partial charge in [0.2, 0.25) is 5.91 Å². The third-order valence-corrected chi connectivity index (χ3v) is 2.54. The Morgan fingerprint density at radius 3 is 2.10 bits per heavy atom. The van der Waals surface area contributed by atoms with Crippen molar-refractivity contribution in [2.24, 2.45) is 11.7 Å². The molecule has 0 aromatic heterocycles. The fourth-order valence-electron chi connectivity index (χ4n) is 1.55. The lowest BCUT2D eigenvalue weighted by atomic mass is 10.0. The van der Waals surface area contributed by atoms with Crippen molar-refractivity contribution in [3.8, 4) is 0 Å². The molecule has 20 heavy (non-hydrogen) atoms. The van der Waals surface area contributed by atoms with E-state index in [4.69, 9.17) is 10.5 Å². The molecule has 0 fully saturated rings. The van der Waals surface area contributed by atoms with Gasteiger partial charge in [0.05, 0.1) is 6.10 Å². The van der Waals surface area contributed by atoms with E-state index in [9.17, 15) is 14.7 Å². The third kappa shape index (κ3) is 7.45. The first-order chi connectivity index (χ1) is 8.94. The molecule has 3 atom stereocenters. The second kappa shape index (κ2) is 7.59. The largest absolute Gasteiger partial charge is 0.458 e. The highest BCUT2D eigenvalue weighted by Crippen LogP contribution is 2.13. The Labute approximate surface area is 121 Å². The number of carbonyl (C=O) groups excluding carboxylic acids is 2.